The Bertz CT molecular complexity index is 847. The number of allylic oxidation sites excluding steroid dienone is 4. The van der Waals surface area contributed by atoms with E-state index in [4.69, 9.17) is 0 Å². The molecule has 4 atom stereocenters. The number of nitrogens with one attached hydrogen (secondary N) is 1. The zero-order valence-electron chi connectivity index (χ0n) is 37.4. The first-order valence-corrected chi connectivity index (χ1v) is 24.7. The van der Waals surface area contributed by atoms with E-state index < -0.39 is 36.9 Å². The van der Waals surface area contributed by atoms with E-state index in [-0.39, 0.29) is 0 Å². The lowest BCUT2D eigenvalue weighted by molar-refractivity contribution is -0.132. The molecule has 6 nitrogen and oxygen atoms in total. The van der Waals surface area contributed by atoms with Gasteiger partial charge < -0.3 is 25.7 Å². The summed E-state index contributed by atoms with van der Waals surface area (Å²) in [7, 11) is 0. The molecule has 332 valence electrons. The Morgan fingerprint density at radius 3 is 1.09 bits per heavy atom. The molecule has 0 heterocycles. The molecule has 0 aromatic heterocycles. The Balaban J connectivity index is 3.55. The van der Waals surface area contributed by atoms with Crippen LogP contribution >= 0.6 is 0 Å². The summed E-state index contributed by atoms with van der Waals surface area (Å²) in [5.74, 6) is -0.593. The summed E-state index contributed by atoms with van der Waals surface area (Å²) in [6.07, 6.45) is 52.6. The second-order valence-electron chi connectivity index (χ2n) is 17.2. The number of aliphatic hydroxyl groups excluding tert-OH is 4. The number of rotatable bonds is 45. The van der Waals surface area contributed by atoms with Gasteiger partial charge in [0.15, 0.2) is 0 Å². The lowest BCUT2D eigenvalue weighted by Crippen LogP contribution is -2.53. The van der Waals surface area contributed by atoms with Crippen LogP contribution in [0.15, 0.2) is 24.3 Å². The summed E-state index contributed by atoms with van der Waals surface area (Å²) in [6, 6.07) is -0.998. The summed E-state index contributed by atoms with van der Waals surface area (Å²) in [5.41, 5.74) is 0. The summed E-state index contributed by atoms with van der Waals surface area (Å²) in [5, 5.41) is 43.5. The van der Waals surface area contributed by atoms with Crippen molar-refractivity contribution < 1.29 is 25.2 Å². The fourth-order valence-corrected chi connectivity index (χ4v) is 7.69. The van der Waals surface area contributed by atoms with Gasteiger partial charge in [-0.3, -0.25) is 4.79 Å². The average Bonchev–Trinajstić information content (AvgIpc) is 3.20. The van der Waals surface area contributed by atoms with Crippen LogP contribution in [0.25, 0.3) is 0 Å². The predicted octanol–water partition coefficient (Wildman–Crippen LogP) is 13.5. The topological polar surface area (TPSA) is 110 Å². The van der Waals surface area contributed by atoms with Crippen molar-refractivity contribution in [3.63, 3.8) is 0 Å². The third-order valence-corrected chi connectivity index (χ3v) is 11.6. The summed E-state index contributed by atoms with van der Waals surface area (Å²) in [6.45, 7) is 4.00. The van der Waals surface area contributed by atoms with Gasteiger partial charge in [0.25, 0.3) is 0 Å². The van der Waals surface area contributed by atoms with E-state index in [0.717, 1.165) is 38.5 Å². The van der Waals surface area contributed by atoms with Gasteiger partial charge >= 0.3 is 0 Å². The summed E-state index contributed by atoms with van der Waals surface area (Å²) >= 11 is 0. The molecular weight excluding hydrogens is 695 g/mol. The predicted molar refractivity (Wildman–Crippen MR) is 242 cm³/mol. The molecule has 0 rings (SSSR count). The molecule has 6 heteroatoms. The van der Waals surface area contributed by atoms with Crippen LogP contribution in [0.4, 0.5) is 0 Å². The van der Waals surface area contributed by atoms with Gasteiger partial charge in [-0.1, -0.05) is 218 Å². The van der Waals surface area contributed by atoms with Crippen LogP contribution in [0.3, 0.4) is 0 Å². The van der Waals surface area contributed by atoms with Gasteiger partial charge in [-0.15, -0.1) is 0 Å². The molecule has 0 aromatic carbocycles. The average molecular weight is 792 g/mol. The molecule has 0 aliphatic carbocycles. The van der Waals surface area contributed by atoms with Gasteiger partial charge in [-0.2, -0.15) is 0 Å². The molecule has 5 N–H and O–H groups in total. The molecule has 0 fully saturated rings. The van der Waals surface area contributed by atoms with Gasteiger partial charge in [-0.05, 0) is 64.2 Å². The molecule has 0 aliphatic heterocycles. The van der Waals surface area contributed by atoms with E-state index in [2.05, 4.69) is 43.5 Å². The molecule has 56 heavy (non-hydrogen) atoms. The van der Waals surface area contributed by atoms with Crippen molar-refractivity contribution in [1.29, 1.82) is 0 Å². The minimum Gasteiger partial charge on any atom is -0.394 e. The highest BCUT2D eigenvalue weighted by molar-refractivity contribution is 5.80. The van der Waals surface area contributed by atoms with Crippen molar-refractivity contribution in [3.8, 4) is 0 Å². The van der Waals surface area contributed by atoms with E-state index in [1.165, 1.54) is 193 Å². The fraction of sp³-hybridized carbons (Fsp3) is 0.900. The molecule has 1 amide bonds. The van der Waals surface area contributed by atoms with E-state index in [1.807, 2.05) is 0 Å². The maximum Gasteiger partial charge on any atom is 0.249 e. The zero-order chi connectivity index (χ0) is 41.0. The quantitative estimate of drug-likeness (QED) is 0.0312. The number of carbonyl (C=O) groups excluding carboxylic acids is 1. The minimum atomic E-state index is -1.28. The number of hydrogen-bond acceptors (Lipinski definition) is 5. The largest absolute Gasteiger partial charge is 0.394 e. The number of carbonyl (C=O) groups is 1. The second-order valence-corrected chi connectivity index (χ2v) is 17.2. The molecule has 0 radical (unpaired) electrons. The van der Waals surface area contributed by atoms with Crippen molar-refractivity contribution in [2.75, 3.05) is 6.61 Å². The molecule has 0 aliphatic rings. The first-order chi connectivity index (χ1) is 27.5. The Kier molecular flexibility index (Phi) is 43.9. The van der Waals surface area contributed by atoms with Crippen molar-refractivity contribution >= 4 is 5.91 Å². The van der Waals surface area contributed by atoms with Crippen LogP contribution in [0.1, 0.15) is 258 Å². The standard InChI is InChI=1S/C50H97NO5/c1-3-5-7-9-11-13-14-15-16-17-18-19-20-21-22-23-24-25-26-27-28-29-30-31-32-33-34-36-38-40-42-44-48(54)50(56)51-46(45-52)49(55)47(53)43-41-39-37-35-12-10-8-6-4-2/h21-22,35,37,46-49,52-55H,3-20,23-34,36,38-45H2,1-2H3,(H,51,56)/b22-21-,37-35+. The van der Waals surface area contributed by atoms with Crippen LogP contribution in [0.2, 0.25) is 0 Å². The number of hydrogen-bond donors (Lipinski definition) is 5. The maximum absolute atomic E-state index is 12.5. The van der Waals surface area contributed by atoms with Gasteiger partial charge in [0.05, 0.1) is 18.8 Å². The molecule has 0 spiro atoms. The minimum absolute atomic E-state index is 0.365. The molecule has 0 aromatic rings. The fourth-order valence-electron chi connectivity index (χ4n) is 7.69. The highest BCUT2D eigenvalue weighted by atomic mass is 16.3. The van der Waals surface area contributed by atoms with E-state index in [9.17, 15) is 25.2 Å². The summed E-state index contributed by atoms with van der Waals surface area (Å²) in [4.78, 5) is 12.5. The molecule has 4 unspecified atom stereocenters. The Labute approximate surface area is 348 Å². The zero-order valence-corrected chi connectivity index (χ0v) is 37.4. The maximum atomic E-state index is 12.5. The molecule has 0 bridgehead atoms. The van der Waals surface area contributed by atoms with Gasteiger partial charge in [-0.25, -0.2) is 0 Å². The monoisotopic (exact) mass is 792 g/mol. The normalized spacial score (nSPS) is 14.2. The van der Waals surface area contributed by atoms with Crippen LogP contribution in [0, 0.1) is 0 Å². The van der Waals surface area contributed by atoms with Crippen LogP contribution in [-0.2, 0) is 4.79 Å². The smallest absolute Gasteiger partial charge is 0.249 e. The van der Waals surface area contributed by atoms with Gasteiger partial charge in [0.2, 0.25) is 5.91 Å². The molecular formula is C50H97NO5. The highest BCUT2D eigenvalue weighted by Crippen LogP contribution is 2.17. The number of aliphatic hydroxyl groups is 4. The van der Waals surface area contributed by atoms with Crippen molar-refractivity contribution in [2.45, 2.75) is 282 Å². The Morgan fingerprint density at radius 1 is 0.429 bits per heavy atom. The highest BCUT2D eigenvalue weighted by Gasteiger charge is 2.28. The summed E-state index contributed by atoms with van der Waals surface area (Å²) < 4.78 is 0. The van der Waals surface area contributed by atoms with Gasteiger partial charge in [0, 0.05) is 0 Å². The van der Waals surface area contributed by atoms with Gasteiger partial charge in [0.1, 0.15) is 12.2 Å². The third kappa shape index (κ3) is 38.3. The lowest BCUT2D eigenvalue weighted by atomic mass is 10.00. The molecule has 0 saturated carbocycles. The number of amides is 1. The van der Waals surface area contributed by atoms with E-state index in [0.29, 0.717) is 12.8 Å². The third-order valence-electron chi connectivity index (χ3n) is 11.6. The SMILES string of the molecule is CCCCCC/C=C/CCCC(O)C(O)C(CO)NC(=O)C(O)CCCCCCCCCCCCCCCCC/C=C\CCCCCCCCCCCCCC. The first kappa shape index (κ1) is 54.8. The van der Waals surface area contributed by atoms with E-state index in [1.54, 1.807) is 0 Å². The Hall–Kier alpha value is -1.21. The first-order valence-electron chi connectivity index (χ1n) is 24.7. The molecule has 0 saturated heterocycles. The number of unbranched alkanes of at least 4 members (excludes halogenated alkanes) is 32. The van der Waals surface area contributed by atoms with Crippen molar-refractivity contribution in [3.05, 3.63) is 24.3 Å². The Morgan fingerprint density at radius 2 is 0.732 bits per heavy atom. The van der Waals surface area contributed by atoms with Crippen molar-refractivity contribution in [1.82, 2.24) is 5.32 Å². The van der Waals surface area contributed by atoms with Crippen LogP contribution < -0.4 is 5.32 Å². The van der Waals surface area contributed by atoms with E-state index >= 15 is 0 Å². The lowest BCUT2D eigenvalue weighted by Gasteiger charge is -2.27. The second kappa shape index (κ2) is 44.9. The van der Waals surface area contributed by atoms with Crippen molar-refractivity contribution in [2.24, 2.45) is 0 Å². The van der Waals surface area contributed by atoms with Crippen LogP contribution in [0.5, 0.6) is 0 Å². The van der Waals surface area contributed by atoms with Crippen LogP contribution in [-0.4, -0.2) is 57.3 Å².